The number of hydrogen-bond donors (Lipinski definition) is 0. The molecule has 0 aliphatic carbocycles. The summed E-state index contributed by atoms with van der Waals surface area (Å²) in [5.41, 5.74) is 0.918. The number of hydrogen-bond acceptors (Lipinski definition) is 4. The van der Waals surface area contributed by atoms with Crippen molar-refractivity contribution in [3.05, 3.63) is 28.1 Å². The van der Waals surface area contributed by atoms with Crippen LogP contribution in [0.5, 0.6) is 0 Å². The Labute approximate surface area is 104 Å². The molecule has 2 aromatic rings. The van der Waals surface area contributed by atoms with E-state index in [1.165, 1.54) is 37.3 Å². The summed E-state index contributed by atoms with van der Waals surface area (Å²) < 4.78 is 2.51. The van der Waals surface area contributed by atoms with Crippen molar-refractivity contribution in [2.45, 2.75) is 19.4 Å². The molecule has 1 saturated heterocycles. The van der Waals surface area contributed by atoms with E-state index in [0.717, 1.165) is 23.3 Å². The van der Waals surface area contributed by atoms with Gasteiger partial charge in [0.15, 0.2) is 0 Å². The van der Waals surface area contributed by atoms with E-state index in [4.69, 9.17) is 0 Å². The van der Waals surface area contributed by atoms with Crippen LogP contribution in [0.15, 0.2) is 22.6 Å². The maximum absolute atomic E-state index is 12.1. The summed E-state index contributed by atoms with van der Waals surface area (Å²) in [5, 5.41) is 1.92. The van der Waals surface area contributed by atoms with Crippen molar-refractivity contribution in [1.82, 2.24) is 14.5 Å². The van der Waals surface area contributed by atoms with Crippen molar-refractivity contribution in [1.29, 1.82) is 0 Å². The number of thiophene rings is 1. The molecule has 17 heavy (non-hydrogen) atoms. The average molecular weight is 249 g/mol. The van der Waals surface area contributed by atoms with Crippen molar-refractivity contribution >= 4 is 21.6 Å². The molecule has 1 fully saturated rings. The summed E-state index contributed by atoms with van der Waals surface area (Å²) >= 11 is 1.48. The first-order valence-corrected chi connectivity index (χ1v) is 6.87. The molecule has 0 radical (unpaired) electrons. The fraction of sp³-hybridized carbons (Fsp3) is 0.500. The van der Waals surface area contributed by atoms with Crippen LogP contribution >= 0.6 is 11.3 Å². The molecule has 3 rings (SSSR count). The van der Waals surface area contributed by atoms with Gasteiger partial charge in [-0.2, -0.15) is 0 Å². The largest absolute Gasteiger partial charge is 0.302 e. The summed E-state index contributed by atoms with van der Waals surface area (Å²) in [7, 11) is 0. The summed E-state index contributed by atoms with van der Waals surface area (Å²) in [4.78, 5) is 18.8. The lowest BCUT2D eigenvalue weighted by molar-refractivity contribution is 0.320. The van der Waals surface area contributed by atoms with E-state index in [-0.39, 0.29) is 5.56 Å². The highest BCUT2D eigenvalue weighted by atomic mass is 32.1. The minimum absolute atomic E-state index is 0.101. The fourth-order valence-electron chi connectivity index (χ4n) is 2.29. The highest BCUT2D eigenvalue weighted by Crippen LogP contribution is 2.13. The van der Waals surface area contributed by atoms with Gasteiger partial charge in [-0.1, -0.05) is 0 Å². The molecule has 0 aromatic carbocycles. The van der Waals surface area contributed by atoms with E-state index in [2.05, 4.69) is 9.88 Å². The molecule has 5 heteroatoms. The summed E-state index contributed by atoms with van der Waals surface area (Å²) in [6.07, 6.45) is 4.25. The van der Waals surface area contributed by atoms with Crippen LogP contribution in [-0.4, -0.2) is 34.1 Å². The zero-order valence-electron chi connectivity index (χ0n) is 9.63. The van der Waals surface area contributed by atoms with Gasteiger partial charge in [0, 0.05) is 13.1 Å². The van der Waals surface area contributed by atoms with E-state index in [0.29, 0.717) is 0 Å². The Bertz CT molecular complexity index is 568. The average Bonchev–Trinajstić information content (AvgIpc) is 2.99. The molecule has 2 aromatic heterocycles. The van der Waals surface area contributed by atoms with E-state index in [1.54, 1.807) is 10.9 Å². The first-order valence-electron chi connectivity index (χ1n) is 5.99. The van der Waals surface area contributed by atoms with Gasteiger partial charge in [0.05, 0.1) is 11.8 Å². The Hall–Kier alpha value is -1.20. The first kappa shape index (κ1) is 10.9. The molecule has 90 valence electrons. The van der Waals surface area contributed by atoms with Gasteiger partial charge in [-0.3, -0.25) is 9.36 Å². The lowest BCUT2D eigenvalue weighted by atomic mass is 10.4. The van der Waals surface area contributed by atoms with Crippen LogP contribution in [0.25, 0.3) is 10.2 Å². The molecule has 0 spiro atoms. The van der Waals surface area contributed by atoms with Crippen molar-refractivity contribution in [3.63, 3.8) is 0 Å². The van der Waals surface area contributed by atoms with Crippen LogP contribution < -0.4 is 5.56 Å². The van der Waals surface area contributed by atoms with E-state index >= 15 is 0 Å². The highest BCUT2D eigenvalue weighted by molar-refractivity contribution is 7.17. The van der Waals surface area contributed by atoms with Gasteiger partial charge >= 0.3 is 0 Å². The van der Waals surface area contributed by atoms with Crippen molar-refractivity contribution < 1.29 is 0 Å². The number of likely N-dealkylation sites (tertiary alicyclic amines) is 1. The molecule has 0 unspecified atom stereocenters. The topological polar surface area (TPSA) is 38.1 Å². The van der Waals surface area contributed by atoms with E-state index in [1.807, 2.05) is 11.4 Å². The quantitative estimate of drug-likeness (QED) is 0.828. The fourth-order valence-corrected chi connectivity index (χ4v) is 3.09. The monoisotopic (exact) mass is 249 g/mol. The highest BCUT2D eigenvalue weighted by Gasteiger charge is 2.12. The first-order chi connectivity index (χ1) is 8.34. The van der Waals surface area contributed by atoms with E-state index < -0.39 is 0 Å². The molecule has 1 aliphatic heterocycles. The van der Waals surface area contributed by atoms with Crippen molar-refractivity contribution in [2.24, 2.45) is 0 Å². The standard InChI is InChI=1S/C12H15N3OS/c16-12-11-10(3-8-17-11)13-9-15(12)7-6-14-4-1-2-5-14/h3,8-9H,1-2,4-7H2. The van der Waals surface area contributed by atoms with Crippen LogP contribution in [0.4, 0.5) is 0 Å². The van der Waals surface area contributed by atoms with Gasteiger partial charge in [0.25, 0.3) is 5.56 Å². The van der Waals surface area contributed by atoms with Crippen LogP contribution in [-0.2, 0) is 6.54 Å². The number of rotatable bonds is 3. The van der Waals surface area contributed by atoms with Crippen molar-refractivity contribution in [3.8, 4) is 0 Å². The van der Waals surface area contributed by atoms with Gasteiger partial charge in [0.2, 0.25) is 0 Å². The Morgan fingerprint density at radius 3 is 2.94 bits per heavy atom. The maximum atomic E-state index is 12.1. The second-order valence-electron chi connectivity index (χ2n) is 4.43. The van der Waals surface area contributed by atoms with Gasteiger partial charge in [-0.15, -0.1) is 11.3 Å². The SMILES string of the molecule is O=c1c2sccc2ncn1CCN1CCCC1. The third kappa shape index (κ3) is 2.12. The smallest absolute Gasteiger partial charge is 0.271 e. The van der Waals surface area contributed by atoms with Crippen molar-refractivity contribution in [2.75, 3.05) is 19.6 Å². The zero-order valence-corrected chi connectivity index (χ0v) is 10.4. The molecule has 0 N–H and O–H groups in total. The molecule has 0 saturated carbocycles. The van der Waals surface area contributed by atoms with Crippen LogP contribution in [0.2, 0.25) is 0 Å². The predicted molar refractivity (Wildman–Crippen MR) is 69.6 cm³/mol. The minimum Gasteiger partial charge on any atom is -0.302 e. The third-order valence-corrected chi connectivity index (χ3v) is 4.18. The summed E-state index contributed by atoms with van der Waals surface area (Å²) in [5.74, 6) is 0. The van der Waals surface area contributed by atoms with E-state index in [9.17, 15) is 4.79 Å². The molecular weight excluding hydrogens is 234 g/mol. The number of aromatic nitrogens is 2. The molecular formula is C12H15N3OS. The predicted octanol–water partition coefficient (Wildman–Crippen LogP) is 1.55. The maximum Gasteiger partial charge on any atom is 0.271 e. The second kappa shape index (κ2) is 4.58. The molecule has 0 amide bonds. The Morgan fingerprint density at radius 2 is 2.12 bits per heavy atom. The Kier molecular flexibility index (Phi) is 2.94. The lowest BCUT2D eigenvalue weighted by Gasteiger charge is -2.14. The number of nitrogens with zero attached hydrogens (tertiary/aromatic N) is 3. The third-order valence-electron chi connectivity index (χ3n) is 3.29. The molecule has 1 aliphatic rings. The zero-order chi connectivity index (χ0) is 11.7. The summed E-state index contributed by atoms with van der Waals surface area (Å²) in [6.45, 7) is 4.05. The van der Waals surface area contributed by atoms with Crippen LogP contribution in [0.1, 0.15) is 12.8 Å². The van der Waals surface area contributed by atoms with Gasteiger partial charge < -0.3 is 4.90 Å². The second-order valence-corrected chi connectivity index (χ2v) is 5.34. The Balaban J connectivity index is 1.80. The normalized spacial score (nSPS) is 16.9. The molecule has 0 bridgehead atoms. The van der Waals surface area contributed by atoms with Crippen LogP contribution in [0, 0.1) is 0 Å². The molecule has 0 atom stereocenters. The molecule has 4 nitrogen and oxygen atoms in total. The number of fused-ring (bicyclic) bond motifs is 1. The minimum atomic E-state index is 0.101. The van der Waals surface area contributed by atoms with Gasteiger partial charge in [-0.05, 0) is 37.4 Å². The van der Waals surface area contributed by atoms with Gasteiger partial charge in [-0.25, -0.2) is 4.98 Å². The Morgan fingerprint density at radius 1 is 1.29 bits per heavy atom. The molecule has 3 heterocycles. The lowest BCUT2D eigenvalue weighted by Crippen LogP contribution is -2.29. The van der Waals surface area contributed by atoms with Gasteiger partial charge in [0.1, 0.15) is 4.70 Å². The summed E-state index contributed by atoms with van der Waals surface area (Å²) in [6, 6.07) is 1.90. The van der Waals surface area contributed by atoms with Crippen LogP contribution in [0.3, 0.4) is 0 Å².